The molecule has 11 N–H and O–H groups in total. The lowest BCUT2D eigenvalue weighted by Crippen LogP contribution is -2.39. The summed E-state index contributed by atoms with van der Waals surface area (Å²) in [5, 5.41) is 2.29. The molecule has 1 heterocycles. The number of carbonyl (C=O) groups excluding carboxylic acids is 3. The fraction of sp³-hybridized carbons (Fsp3) is 0.531. The lowest BCUT2D eigenvalue weighted by molar-refractivity contribution is -0.137. The Kier molecular flexibility index (Phi) is 21.8. The van der Waals surface area contributed by atoms with Crippen molar-refractivity contribution in [1.82, 2.24) is 25.1 Å². The summed E-state index contributed by atoms with van der Waals surface area (Å²) in [6, 6.07) is 8.07. The van der Waals surface area contributed by atoms with Gasteiger partial charge in [-0.05, 0) is 70.2 Å². The Morgan fingerprint density at radius 3 is 1.98 bits per heavy atom. The van der Waals surface area contributed by atoms with E-state index < -0.39 is 5.91 Å². The average Bonchev–Trinajstić information content (AvgIpc) is 3.01. The summed E-state index contributed by atoms with van der Waals surface area (Å²) in [7, 11) is 7.23. The lowest BCUT2D eigenvalue weighted by Gasteiger charge is -2.26. The number of benzene rings is 1. The molecule has 0 radical (unpaired) electrons. The van der Waals surface area contributed by atoms with E-state index in [1.165, 1.54) is 5.56 Å². The molecule has 2 rings (SSSR count). The van der Waals surface area contributed by atoms with Crippen molar-refractivity contribution in [2.75, 3.05) is 52.7 Å². The molecule has 0 bridgehead atoms. The summed E-state index contributed by atoms with van der Waals surface area (Å²) in [6.45, 7) is 0.923. The summed E-state index contributed by atoms with van der Waals surface area (Å²) in [5.41, 5.74) is 30.0. The predicted octanol–water partition coefficient (Wildman–Crippen LogP) is 1.56. The minimum absolute atomic E-state index is 0. The molecule has 0 aliphatic rings. The number of amides is 2. The Hall–Kier alpha value is -3.80. The standard InChI is InChI=1S/C32H51ClN12O3.2H2S/c1-44(2)23(24(46)19-22(30(48)45(3)4)10-6-8-17-39-31(36)37)16-15-21-13-11-20(12-14-21)9-5-7-18-40-32(38)43-29(47)25-27(34)42-28(35)26(33)41-25;;/h11-14,22-23H,5-10,15-19H2,1-4H3,(H4,34,35,42)(H4,36,37,39)(H3,38,40,43,47);2*1H2/t22-,23+;;/m1../s1. The van der Waals surface area contributed by atoms with Gasteiger partial charge in [-0.1, -0.05) is 42.3 Å². The molecule has 1 aromatic carbocycles. The number of ketones is 1. The van der Waals surface area contributed by atoms with Gasteiger partial charge < -0.3 is 33.6 Å². The van der Waals surface area contributed by atoms with Gasteiger partial charge in [-0.15, -0.1) is 0 Å². The highest BCUT2D eigenvalue weighted by atomic mass is 35.5. The second kappa shape index (κ2) is 23.6. The van der Waals surface area contributed by atoms with Crippen LogP contribution < -0.4 is 34.0 Å². The van der Waals surface area contributed by atoms with Crippen LogP contribution in [0.1, 0.15) is 66.6 Å². The number of nitrogen functional groups attached to an aromatic ring is 2. The van der Waals surface area contributed by atoms with Gasteiger partial charge in [-0.3, -0.25) is 34.6 Å². The van der Waals surface area contributed by atoms with E-state index in [4.69, 9.17) is 40.3 Å². The number of aliphatic imine (C=N–C) groups is 2. The number of halogens is 1. The van der Waals surface area contributed by atoms with Gasteiger partial charge in [-0.2, -0.15) is 27.0 Å². The van der Waals surface area contributed by atoms with Crippen molar-refractivity contribution < 1.29 is 14.4 Å². The van der Waals surface area contributed by atoms with Crippen LogP contribution in [0.15, 0.2) is 34.3 Å². The molecule has 0 saturated carbocycles. The molecule has 0 unspecified atom stereocenters. The van der Waals surface area contributed by atoms with Gasteiger partial charge in [0.2, 0.25) is 5.91 Å². The first-order valence-electron chi connectivity index (χ1n) is 15.9. The van der Waals surface area contributed by atoms with Crippen molar-refractivity contribution in [3.8, 4) is 0 Å². The molecule has 2 atom stereocenters. The lowest BCUT2D eigenvalue weighted by atomic mass is 9.90. The highest BCUT2D eigenvalue weighted by Crippen LogP contribution is 2.21. The van der Waals surface area contributed by atoms with Crippen molar-refractivity contribution in [3.05, 3.63) is 46.2 Å². The number of aryl methyl sites for hydroxylation is 2. The average molecular weight is 755 g/mol. The van der Waals surface area contributed by atoms with E-state index in [0.717, 1.165) is 44.1 Å². The first-order chi connectivity index (χ1) is 22.7. The number of hydrogen-bond donors (Lipinski definition) is 6. The SMILES string of the molecule is CN(C)C(=O)[C@H](CCCCN=C(N)N)CC(=O)[C@H](CCc1ccc(CCCCN=C(N)NC(=O)c2nc(Cl)c(N)nc2N)cc1)N(C)C.S.S. The molecule has 50 heavy (non-hydrogen) atoms. The molecule has 0 spiro atoms. The second-order valence-electron chi connectivity index (χ2n) is 12.0. The molecule has 18 heteroatoms. The number of hydrogen-bond acceptors (Lipinski definition) is 10. The van der Waals surface area contributed by atoms with Gasteiger partial charge in [0, 0.05) is 39.5 Å². The van der Waals surface area contributed by atoms with Crippen molar-refractivity contribution >= 4 is 79.7 Å². The number of rotatable bonds is 19. The number of aromatic nitrogens is 2. The van der Waals surface area contributed by atoms with Crippen LogP contribution in [0.2, 0.25) is 5.15 Å². The molecule has 0 saturated heterocycles. The first-order valence-corrected chi connectivity index (χ1v) is 16.3. The number of nitrogens with two attached hydrogens (primary N) is 5. The van der Waals surface area contributed by atoms with Gasteiger partial charge >= 0.3 is 0 Å². The van der Waals surface area contributed by atoms with Crippen LogP contribution in [0.5, 0.6) is 0 Å². The molecule has 0 aliphatic carbocycles. The van der Waals surface area contributed by atoms with E-state index in [1.54, 1.807) is 19.0 Å². The Morgan fingerprint density at radius 2 is 1.40 bits per heavy atom. The van der Waals surface area contributed by atoms with E-state index in [1.807, 2.05) is 19.0 Å². The van der Waals surface area contributed by atoms with Crippen LogP contribution in [0.25, 0.3) is 0 Å². The van der Waals surface area contributed by atoms with E-state index in [2.05, 4.69) is 49.5 Å². The number of likely N-dealkylation sites (N-methyl/N-ethyl adjacent to an activating group) is 1. The van der Waals surface area contributed by atoms with Crippen LogP contribution in [0.4, 0.5) is 11.6 Å². The highest BCUT2D eigenvalue weighted by Gasteiger charge is 2.28. The zero-order valence-corrected chi connectivity index (χ0v) is 32.2. The number of guanidine groups is 2. The van der Waals surface area contributed by atoms with Crippen molar-refractivity contribution in [2.45, 2.75) is 63.8 Å². The van der Waals surface area contributed by atoms with Crippen molar-refractivity contribution in [1.29, 1.82) is 0 Å². The third kappa shape index (κ3) is 16.3. The molecule has 1 aromatic heterocycles. The Bertz CT molecular complexity index is 1440. The third-order valence-electron chi connectivity index (χ3n) is 7.73. The van der Waals surface area contributed by atoms with Crippen LogP contribution in [-0.2, 0) is 22.4 Å². The van der Waals surface area contributed by atoms with E-state index in [0.29, 0.717) is 25.9 Å². The maximum absolute atomic E-state index is 13.4. The summed E-state index contributed by atoms with van der Waals surface area (Å²) in [4.78, 5) is 57.9. The fourth-order valence-electron chi connectivity index (χ4n) is 5.11. The highest BCUT2D eigenvalue weighted by molar-refractivity contribution is 7.59. The summed E-state index contributed by atoms with van der Waals surface area (Å²) < 4.78 is 0. The van der Waals surface area contributed by atoms with Gasteiger partial charge in [0.1, 0.15) is 0 Å². The number of nitrogens with one attached hydrogen (secondary N) is 1. The summed E-state index contributed by atoms with van der Waals surface area (Å²) in [6.07, 6.45) is 6.16. The Balaban J connectivity index is 0.0000120. The maximum Gasteiger partial charge on any atom is 0.280 e. The minimum Gasteiger partial charge on any atom is -0.382 e. The maximum atomic E-state index is 13.4. The quantitative estimate of drug-likeness (QED) is 0.0682. The van der Waals surface area contributed by atoms with Crippen LogP contribution in [0, 0.1) is 5.92 Å². The van der Waals surface area contributed by atoms with Gasteiger partial charge in [0.25, 0.3) is 5.91 Å². The molecule has 280 valence electrons. The molecule has 0 fully saturated rings. The molecular weight excluding hydrogens is 700 g/mol. The fourth-order valence-corrected chi connectivity index (χ4v) is 5.24. The van der Waals surface area contributed by atoms with Crippen molar-refractivity contribution in [2.24, 2.45) is 33.1 Å². The third-order valence-corrected chi connectivity index (χ3v) is 8.01. The second-order valence-corrected chi connectivity index (χ2v) is 12.4. The van der Waals surface area contributed by atoms with Crippen LogP contribution in [0.3, 0.4) is 0 Å². The largest absolute Gasteiger partial charge is 0.382 e. The number of nitrogens with zero attached hydrogens (tertiary/aromatic N) is 6. The van der Waals surface area contributed by atoms with Crippen LogP contribution in [-0.4, -0.2) is 96.6 Å². The monoisotopic (exact) mass is 754 g/mol. The van der Waals surface area contributed by atoms with Crippen molar-refractivity contribution in [3.63, 3.8) is 0 Å². The topological polar surface area (TPSA) is 250 Å². The predicted molar refractivity (Wildman–Crippen MR) is 212 cm³/mol. The number of anilines is 2. The molecular formula is C32H55ClN12O3S2. The number of Topliss-reactive ketones (excluding diaryl/α,β-unsaturated/α-hetero) is 1. The summed E-state index contributed by atoms with van der Waals surface area (Å²) in [5.74, 6) is -1.28. The Morgan fingerprint density at radius 1 is 0.820 bits per heavy atom. The van der Waals surface area contributed by atoms with E-state index in [-0.39, 0.29) is 91.5 Å². The molecule has 0 aliphatic heterocycles. The number of carbonyl (C=O) groups is 3. The summed E-state index contributed by atoms with van der Waals surface area (Å²) >= 11 is 5.82. The van der Waals surface area contributed by atoms with Gasteiger partial charge in [0.05, 0.1) is 6.04 Å². The van der Waals surface area contributed by atoms with Gasteiger partial charge in [0.15, 0.2) is 40.2 Å². The first kappa shape index (κ1) is 46.2. The normalized spacial score (nSPS) is 12.2. The number of unbranched alkanes of at least 4 members (excludes halogenated alkanes) is 2. The zero-order chi connectivity index (χ0) is 35.8. The molecule has 2 amide bonds. The van der Waals surface area contributed by atoms with Gasteiger partial charge in [-0.25, -0.2) is 9.97 Å². The van der Waals surface area contributed by atoms with E-state index >= 15 is 0 Å². The zero-order valence-electron chi connectivity index (χ0n) is 29.4. The molecule has 15 nitrogen and oxygen atoms in total. The Labute approximate surface area is 314 Å². The van der Waals surface area contributed by atoms with Crippen LogP contribution >= 0.6 is 38.6 Å². The smallest absolute Gasteiger partial charge is 0.280 e. The van der Waals surface area contributed by atoms with E-state index in [9.17, 15) is 14.4 Å². The molecule has 2 aromatic rings. The minimum atomic E-state index is -0.680.